The Kier molecular flexibility index (Phi) is 3.65. The molecule has 1 N–H and O–H groups in total. The molecule has 1 heterocycles. The molecule has 1 aliphatic heterocycles. The smallest absolute Gasteiger partial charge is 0.173 e. The molecule has 0 radical (unpaired) electrons. The zero-order chi connectivity index (χ0) is 13.9. The number of rotatable bonds is 1. The maximum atomic E-state index is 13.6. The first kappa shape index (κ1) is 13.1. The van der Waals surface area contributed by atoms with E-state index in [-0.39, 0.29) is 5.82 Å². The van der Waals surface area contributed by atoms with E-state index in [1.54, 1.807) is 18.2 Å². The van der Waals surface area contributed by atoms with Crippen LogP contribution in [0.5, 0.6) is 0 Å². The van der Waals surface area contributed by atoms with Crippen LogP contribution in [0.4, 0.5) is 10.1 Å². The summed E-state index contributed by atoms with van der Waals surface area (Å²) in [7, 11) is 0. The molecule has 102 valence electrons. The van der Waals surface area contributed by atoms with E-state index in [1.165, 1.54) is 17.2 Å². The molecule has 0 aromatic heterocycles. The number of nitrogens with zero attached hydrogens (tertiary/aromatic N) is 1. The van der Waals surface area contributed by atoms with E-state index >= 15 is 0 Å². The maximum absolute atomic E-state index is 13.6. The second-order valence-electron chi connectivity index (χ2n) is 4.85. The van der Waals surface area contributed by atoms with Crippen LogP contribution < -0.4 is 5.32 Å². The highest BCUT2D eigenvalue weighted by Gasteiger charge is 2.18. The number of thiocarbonyl (C=S) groups is 1. The van der Waals surface area contributed by atoms with Gasteiger partial charge in [0.05, 0.1) is 5.69 Å². The Hall–Kier alpha value is -1.94. The molecule has 0 saturated carbocycles. The SMILES string of the molecule is Fc1ccccc1NC(=S)N1CCc2ccccc2C1. The average molecular weight is 286 g/mol. The molecule has 1 aliphatic rings. The van der Waals surface area contributed by atoms with Crippen molar-refractivity contribution in [1.29, 1.82) is 0 Å². The van der Waals surface area contributed by atoms with Crippen molar-refractivity contribution in [2.75, 3.05) is 11.9 Å². The lowest BCUT2D eigenvalue weighted by Crippen LogP contribution is -2.38. The summed E-state index contributed by atoms with van der Waals surface area (Å²) in [5.74, 6) is -0.285. The average Bonchev–Trinajstić information content (AvgIpc) is 2.49. The lowest BCUT2D eigenvalue weighted by atomic mass is 10.0. The van der Waals surface area contributed by atoms with E-state index in [9.17, 15) is 4.39 Å². The van der Waals surface area contributed by atoms with Crippen LogP contribution in [0.1, 0.15) is 11.1 Å². The Bertz CT molecular complexity index is 642. The van der Waals surface area contributed by atoms with Gasteiger partial charge in [-0.05, 0) is 41.9 Å². The van der Waals surface area contributed by atoms with Gasteiger partial charge in [-0.2, -0.15) is 0 Å². The van der Waals surface area contributed by atoms with Gasteiger partial charge in [0.15, 0.2) is 5.11 Å². The second-order valence-corrected chi connectivity index (χ2v) is 5.24. The Balaban J connectivity index is 1.72. The normalized spacial score (nSPS) is 13.8. The minimum atomic E-state index is -0.285. The number of fused-ring (bicyclic) bond motifs is 1. The van der Waals surface area contributed by atoms with Crippen LogP contribution in [0.15, 0.2) is 48.5 Å². The fraction of sp³-hybridized carbons (Fsp3) is 0.188. The summed E-state index contributed by atoms with van der Waals surface area (Å²) < 4.78 is 13.6. The zero-order valence-electron chi connectivity index (χ0n) is 11.0. The van der Waals surface area contributed by atoms with Crippen LogP contribution >= 0.6 is 12.2 Å². The summed E-state index contributed by atoms with van der Waals surface area (Å²) in [6.07, 6.45) is 0.968. The van der Waals surface area contributed by atoms with Gasteiger partial charge in [-0.1, -0.05) is 36.4 Å². The summed E-state index contributed by atoms with van der Waals surface area (Å²) >= 11 is 5.39. The number of halogens is 1. The Labute approximate surface area is 123 Å². The third-order valence-electron chi connectivity index (χ3n) is 3.53. The van der Waals surface area contributed by atoms with Crippen LogP contribution in [0, 0.1) is 5.82 Å². The van der Waals surface area contributed by atoms with Crippen molar-refractivity contribution in [2.45, 2.75) is 13.0 Å². The minimum absolute atomic E-state index is 0.285. The molecule has 20 heavy (non-hydrogen) atoms. The molecule has 0 fully saturated rings. The first-order valence-corrected chi connectivity index (χ1v) is 7.02. The van der Waals surface area contributed by atoms with Crippen LogP contribution in [-0.4, -0.2) is 16.6 Å². The van der Waals surface area contributed by atoms with Crippen molar-refractivity contribution in [3.8, 4) is 0 Å². The highest BCUT2D eigenvalue weighted by molar-refractivity contribution is 7.80. The number of para-hydroxylation sites is 1. The van der Waals surface area contributed by atoms with Gasteiger partial charge in [0.2, 0.25) is 0 Å². The zero-order valence-corrected chi connectivity index (χ0v) is 11.8. The topological polar surface area (TPSA) is 15.3 Å². The van der Waals surface area contributed by atoms with Gasteiger partial charge < -0.3 is 10.2 Å². The number of nitrogens with one attached hydrogen (secondary N) is 1. The van der Waals surface area contributed by atoms with Gasteiger partial charge in [-0.25, -0.2) is 4.39 Å². The van der Waals surface area contributed by atoms with Crippen LogP contribution in [-0.2, 0) is 13.0 Å². The van der Waals surface area contributed by atoms with Gasteiger partial charge in [0.1, 0.15) is 5.82 Å². The predicted molar refractivity (Wildman–Crippen MR) is 83.2 cm³/mol. The molecule has 2 aromatic rings. The molecular weight excluding hydrogens is 271 g/mol. The predicted octanol–water partition coefficient (Wildman–Crippen LogP) is 3.58. The third-order valence-corrected chi connectivity index (χ3v) is 3.89. The van der Waals surface area contributed by atoms with E-state index in [1.807, 2.05) is 6.07 Å². The second kappa shape index (κ2) is 5.59. The largest absolute Gasteiger partial charge is 0.344 e. The van der Waals surface area contributed by atoms with E-state index in [4.69, 9.17) is 12.2 Å². The summed E-state index contributed by atoms with van der Waals surface area (Å²) in [5.41, 5.74) is 3.09. The summed E-state index contributed by atoms with van der Waals surface area (Å²) in [6.45, 7) is 1.63. The van der Waals surface area contributed by atoms with E-state index in [0.717, 1.165) is 19.5 Å². The molecular formula is C16H15FN2S. The van der Waals surface area contributed by atoms with Gasteiger partial charge in [0, 0.05) is 13.1 Å². The Morgan fingerprint density at radius 1 is 1.05 bits per heavy atom. The molecule has 0 saturated heterocycles. The number of hydrogen-bond donors (Lipinski definition) is 1. The quantitative estimate of drug-likeness (QED) is 0.807. The highest BCUT2D eigenvalue weighted by Crippen LogP contribution is 2.20. The molecule has 0 aliphatic carbocycles. The molecule has 0 bridgehead atoms. The fourth-order valence-corrected chi connectivity index (χ4v) is 2.69. The van der Waals surface area contributed by atoms with Gasteiger partial charge in [-0.3, -0.25) is 0 Å². The van der Waals surface area contributed by atoms with Crippen molar-refractivity contribution >= 4 is 23.0 Å². The number of hydrogen-bond acceptors (Lipinski definition) is 1. The highest BCUT2D eigenvalue weighted by atomic mass is 32.1. The van der Waals surface area contributed by atoms with Gasteiger partial charge >= 0.3 is 0 Å². The lowest BCUT2D eigenvalue weighted by Gasteiger charge is -2.31. The fourth-order valence-electron chi connectivity index (χ4n) is 2.43. The first-order valence-electron chi connectivity index (χ1n) is 6.61. The molecule has 0 unspecified atom stereocenters. The molecule has 0 amide bonds. The molecule has 4 heteroatoms. The molecule has 0 spiro atoms. The van der Waals surface area contributed by atoms with E-state index in [2.05, 4.69) is 28.4 Å². The van der Waals surface area contributed by atoms with E-state index in [0.29, 0.717) is 10.8 Å². The van der Waals surface area contributed by atoms with Crippen molar-refractivity contribution in [1.82, 2.24) is 4.90 Å². The monoisotopic (exact) mass is 286 g/mol. The van der Waals surface area contributed by atoms with Crippen molar-refractivity contribution < 1.29 is 4.39 Å². The van der Waals surface area contributed by atoms with Crippen molar-refractivity contribution in [3.05, 3.63) is 65.5 Å². The third kappa shape index (κ3) is 2.65. The van der Waals surface area contributed by atoms with Crippen molar-refractivity contribution in [3.63, 3.8) is 0 Å². The molecule has 2 nitrogen and oxygen atoms in total. The maximum Gasteiger partial charge on any atom is 0.173 e. The molecule has 3 rings (SSSR count). The van der Waals surface area contributed by atoms with Crippen LogP contribution in [0.2, 0.25) is 0 Å². The van der Waals surface area contributed by atoms with Gasteiger partial charge in [-0.15, -0.1) is 0 Å². The standard InChI is InChI=1S/C16H15FN2S/c17-14-7-3-4-8-15(14)18-16(20)19-10-9-12-5-1-2-6-13(12)11-19/h1-8H,9-11H2,(H,18,20). The Morgan fingerprint density at radius 3 is 2.55 bits per heavy atom. The summed E-state index contributed by atoms with van der Waals surface area (Å²) in [6, 6.07) is 14.9. The number of anilines is 1. The van der Waals surface area contributed by atoms with Crippen LogP contribution in [0.25, 0.3) is 0 Å². The lowest BCUT2D eigenvalue weighted by molar-refractivity contribution is 0.399. The first-order chi connectivity index (χ1) is 9.74. The Morgan fingerprint density at radius 2 is 1.75 bits per heavy atom. The van der Waals surface area contributed by atoms with Crippen molar-refractivity contribution in [2.24, 2.45) is 0 Å². The minimum Gasteiger partial charge on any atom is -0.344 e. The van der Waals surface area contributed by atoms with Gasteiger partial charge in [0.25, 0.3) is 0 Å². The molecule has 2 aromatic carbocycles. The summed E-state index contributed by atoms with van der Waals surface area (Å²) in [4.78, 5) is 2.07. The molecule has 0 atom stereocenters. The summed E-state index contributed by atoms with van der Waals surface area (Å²) in [5, 5.41) is 3.57. The van der Waals surface area contributed by atoms with Crippen LogP contribution in [0.3, 0.4) is 0 Å². The number of benzene rings is 2. The van der Waals surface area contributed by atoms with E-state index < -0.39 is 0 Å².